The van der Waals surface area contributed by atoms with E-state index in [2.05, 4.69) is 41.1 Å². The van der Waals surface area contributed by atoms with Gasteiger partial charge in [-0.25, -0.2) is 4.98 Å². The number of benzene rings is 3. The Hall–Kier alpha value is -3.37. The predicted molar refractivity (Wildman–Crippen MR) is 132 cm³/mol. The van der Waals surface area contributed by atoms with Crippen LogP contribution in [0, 0.1) is 0 Å². The summed E-state index contributed by atoms with van der Waals surface area (Å²) in [6.07, 6.45) is 4.47. The minimum atomic E-state index is -0.0666. The summed E-state index contributed by atoms with van der Waals surface area (Å²) in [5, 5.41) is 0.719. The molecule has 1 fully saturated rings. The van der Waals surface area contributed by atoms with Crippen molar-refractivity contribution in [1.82, 2.24) is 14.5 Å². The lowest BCUT2D eigenvalue weighted by Gasteiger charge is -2.35. The zero-order chi connectivity index (χ0) is 22.6. The second-order valence-electron chi connectivity index (χ2n) is 8.52. The van der Waals surface area contributed by atoms with Crippen molar-refractivity contribution in [1.29, 1.82) is 0 Å². The van der Waals surface area contributed by atoms with E-state index in [0.29, 0.717) is 19.5 Å². The Balaban J connectivity index is 1.55. The van der Waals surface area contributed by atoms with Crippen molar-refractivity contribution in [3.63, 3.8) is 0 Å². The molecule has 1 saturated heterocycles. The average Bonchev–Trinajstić information content (AvgIpc) is 3.25. The number of nitrogens with zero attached hydrogens (tertiary/aromatic N) is 3. The highest BCUT2D eigenvalue weighted by atomic mass is 35.5. The van der Waals surface area contributed by atoms with Gasteiger partial charge in [-0.1, -0.05) is 84.4 Å². The molecular weight excluding hydrogens is 430 g/mol. The van der Waals surface area contributed by atoms with Crippen LogP contribution >= 0.6 is 11.6 Å². The lowest BCUT2D eigenvalue weighted by atomic mass is 9.99. The fourth-order valence-electron chi connectivity index (χ4n) is 4.57. The van der Waals surface area contributed by atoms with Gasteiger partial charge in [-0.15, -0.1) is 0 Å². The summed E-state index contributed by atoms with van der Waals surface area (Å²) in [6.45, 7) is 1.24. The molecule has 1 aromatic heterocycles. The van der Waals surface area contributed by atoms with Crippen molar-refractivity contribution in [3.05, 3.63) is 113 Å². The molecule has 0 N–H and O–H groups in total. The van der Waals surface area contributed by atoms with E-state index in [9.17, 15) is 4.79 Å². The van der Waals surface area contributed by atoms with Gasteiger partial charge in [-0.2, -0.15) is 0 Å². The fourth-order valence-corrected chi connectivity index (χ4v) is 4.78. The standard InChI is InChI=1S/C28H26ClN3O/c29-24-14-7-11-22(17-24)18-31-20-25(23-12-5-2-6-13-23)30-28(31)26-15-8-16-27(33)32(26)19-21-9-3-1-4-10-21/h1-7,9-14,17,20,26H,8,15-16,18-19H2. The number of hydrogen-bond acceptors (Lipinski definition) is 2. The van der Waals surface area contributed by atoms with Crippen molar-refractivity contribution >= 4 is 17.5 Å². The van der Waals surface area contributed by atoms with E-state index in [4.69, 9.17) is 16.6 Å². The number of hydrogen-bond donors (Lipinski definition) is 0. The molecule has 1 aliphatic rings. The number of aromatic nitrogens is 2. The summed E-state index contributed by atoms with van der Waals surface area (Å²) in [5.41, 5.74) is 4.23. The summed E-state index contributed by atoms with van der Waals surface area (Å²) in [5.74, 6) is 1.12. The molecule has 0 spiro atoms. The monoisotopic (exact) mass is 455 g/mol. The van der Waals surface area contributed by atoms with Gasteiger partial charge in [-0.3, -0.25) is 4.79 Å². The summed E-state index contributed by atoms with van der Waals surface area (Å²) in [4.78, 5) is 20.1. The third-order valence-electron chi connectivity index (χ3n) is 6.18. The maximum Gasteiger partial charge on any atom is 0.223 e. The van der Waals surface area contributed by atoms with Crippen LogP contribution in [0.3, 0.4) is 0 Å². The second kappa shape index (κ2) is 9.63. The summed E-state index contributed by atoms with van der Waals surface area (Å²) in [6, 6.07) is 28.3. The molecule has 0 radical (unpaired) electrons. The van der Waals surface area contributed by atoms with Crippen LogP contribution in [0.1, 0.15) is 42.3 Å². The SMILES string of the molecule is O=C1CCCC(c2nc(-c3ccccc3)cn2Cc2cccc(Cl)c2)N1Cc1ccccc1. The fraction of sp³-hybridized carbons (Fsp3) is 0.214. The van der Waals surface area contributed by atoms with Crippen molar-refractivity contribution in [2.75, 3.05) is 0 Å². The van der Waals surface area contributed by atoms with Crippen molar-refractivity contribution < 1.29 is 4.79 Å². The topological polar surface area (TPSA) is 38.1 Å². The molecule has 4 aromatic rings. The molecule has 3 aromatic carbocycles. The molecule has 1 unspecified atom stereocenters. The Bertz CT molecular complexity index is 1240. The van der Waals surface area contributed by atoms with Gasteiger partial charge in [0.2, 0.25) is 5.91 Å². The van der Waals surface area contributed by atoms with Crippen LogP contribution in [0.5, 0.6) is 0 Å². The van der Waals surface area contributed by atoms with Crippen LogP contribution < -0.4 is 0 Å². The molecule has 1 amide bonds. The third-order valence-corrected chi connectivity index (χ3v) is 6.41. The average molecular weight is 456 g/mol. The predicted octanol–water partition coefficient (Wildman–Crippen LogP) is 6.51. The highest BCUT2D eigenvalue weighted by molar-refractivity contribution is 6.30. The van der Waals surface area contributed by atoms with Gasteiger partial charge in [0, 0.05) is 36.3 Å². The van der Waals surface area contributed by atoms with Crippen molar-refractivity contribution in [2.24, 2.45) is 0 Å². The van der Waals surface area contributed by atoms with E-state index in [1.54, 1.807) is 0 Å². The molecule has 2 heterocycles. The first-order valence-electron chi connectivity index (χ1n) is 11.4. The first kappa shape index (κ1) is 21.5. The van der Waals surface area contributed by atoms with Gasteiger partial charge in [0.1, 0.15) is 5.82 Å². The van der Waals surface area contributed by atoms with E-state index in [1.165, 1.54) is 0 Å². The number of piperidine rings is 1. The first-order chi connectivity index (χ1) is 16.2. The quantitative estimate of drug-likeness (QED) is 0.332. The van der Waals surface area contributed by atoms with Crippen LogP contribution in [0.25, 0.3) is 11.3 Å². The third kappa shape index (κ3) is 4.86. The summed E-state index contributed by atoms with van der Waals surface area (Å²) in [7, 11) is 0. The van der Waals surface area contributed by atoms with Crippen molar-refractivity contribution in [3.8, 4) is 11.3 Å². The number of rotatable bonds is 6. The summed E-state index contributed by atoms with van der Waals surface area (Å²) < 4.78 is 2.19. The zero-order valence-electron chi connectivity index (χ0n) is 18.4. The van der Waals surface area contributed by atoms with Gasteiger partial charge in [-0.05, 0) is 36.1 Å². The Morgan fingerprint density at radius 2 is 1.61 bits per heavy atom. The molecule has 5 heteroatoms. The minimum absolute atomic E-state index is 0.0666. The number of carbonyl (C=O) groups is 1. The molecule has 5 rings (SSSR count). The Morgan fingerprint density at radius 1 is 0.879 bits per heavy atom. The normalized spacial score (nSPS) is 16.2. The number of likely N-dealkylation sites (tertiary alicyclic amines) is 1. The van der Waals surface area contributed by atoms with E-state index in [1.807, 2.05) is 59.5 Å². The smallest absolute Gasteiger partial charge is 0.223 e. The lowest BCUT2D eigenvalue weighted by Crippen LogP contribution is -2.39. The minimum Gasteiger partial charge on any atom is -0.328 e. The largest absolute Gasteiger partial charge is 0.328 e. The Kier molecular flexibility index (Phi) is 6.27. The van der Waals surface area contributed by atoms with Crippen LogP contribution in [0.2, 0.25) is 5.02 Å². The molecular formula is C28H26ClN3O. The Labute approximate surface area is 199 Å². The highest BCUT2D eigenvalue weighted by Crippen LogP contribution is 2.34. The Morgan fingerprint density at radius 3 is 2.36 bits per heavy atom. The number of halogens is 1. The summed E-state index contributed by atoms with van der Waals surface area (Å²) >= 11 is 6.26. The van der Waals surface area contributed by atoms with Gasteiger partial charge in [0.25, 0.3) is 0 Å². The maximum atomic E-state index is 13.0. The van der Waals surface area contributed by atoms with E-state index >= 15 is 0 Å². The highest BCUT2D eigenvalue weighted by Gasteiger charge is 2.32. The first-order valence-corrected chi connectivity index (χ1v) is 11.8. The molecule has 0 bridgehead atoms. The van der Waals surface area contributed by atoms with Crippen LogP contribution in [-0.4, -0.2) is 20.4 Å². The molecule has 33 heavy (non-hydrogen) atoms. The maximum absolute atomic E-state index is 13.0. The number of carbonyl (C=O) groups excluding carboxylic acids is 1. The molecule has 166 valence electrons. The van der Waals surface area contributed by atoms with E-state index in [-0.39, 0.29) is 11.9 Å². The molecule has 1 aliphatic heterocycles. The van der Waals surface area contributed by atoms with Crippen LogP contribution in [-0.2, 0) is 17.9 Å². The lowest BCUT2D eigenvalue weighted by molar-refractivity contribution is -0.137. The second-order valence-corrected chi connectivity index (χ2v) is 8.96. The van der Waals surface area contributed by atoms with Gasteiger partial charge in [0.15, 0.2) is 0 Å². The van der Waals surface area contributed by atoms with Crippen LogP contribution in [0.15, 0.2) is 91.1 Å². The van der Waals surface area contributed by atoms with Crippen molar-refractivity contribution in [2.45, 2.75) is 38.4 Å². The van der Waals surface area contributed by atoms with Gasteiger partial charge >= 0.3 is 0 Å². The van der Waals surface area contributed by atoms with Gasteiger partial charge < -0.3 is 9.47 Å². The molecule has 0 aliphatic carbocycles. The van der Waals surface area contributed by atoms with Crippen LogP contribution in [0.4, 0.5) is 0 Å². The number of amides is 1. The zero-order valence-corrected chi connectivity index (χ0v) is 19.2. The van der Waals surface area contributed by atoms with Gasteiger partial charge in [0.05, 0.1) is 11.7 Å². The molecule has 1 atom stereocenters. The van der Waals surface area contributed by atoms with E-state index in [0.717, 1.165) is 46.1 Å². The van der Waals surface area contributed by atoms with E-state index < -0.39 is 0 Å². The molecule has 0 saturated carbocycles. The molecule has 4 nitrogen and oxygen atoms in total. The number of imidazole rings is 1.